The Morgan fingerprint density at radius 3 is 2.61 bits per heavy atom. The largest absolute Gasteiger partial charge is 0.481 e. The number of halogens is 2. The van der Waals surface area contributed by atoms with Crippen LogP contribution in [0.15, 0.2) is 18.2 Å². The van der Waals surface area contributed by atoms with Crippen molar-refractivity contribution >= 4 is 35.1 Å². The second-order valence-electron chi connectivity index (χ2n) is 4.30. The van der Waals surface area contributed by atoms with Crippen molar-refractivity contribution in [3.05, 3.63) is 33.8 Å². The molecule has 0 atom stereocenters. The minimum atomic E-state index is -0.840. The van der Waals surface area contributed by atoms with Gasteiger partial charge in [0.2, 0.25) is 0 Å². The molecule has 1 aliphatic heterocycles. The third-order valence-corrected chi connectivity index (χ3v) is 3.43. The zero-order chi connectivity index (χ0) is 13.3. The molecule has 2 rings (SSSR count). The Balaban J connectivity index is 2.01. The topological polar surface area (TPSA) is 57.6 Å². The molecule has 1 heterocycles. The minimum absolute atomic E-state index is 0.0319. The van der Waals surface area contributed by atoms with Gasteiger partial charge in [-0.2, -0.15) is 0 Å². The van der Waals surface area contributed by atoms with Crippen LogP contribution in [0.5, 0.6) is 0 Å². The van der Waals surface area contributed by atoms with Crippen LogP contribution in [0.4, 0.5) is 0 Å². The monoisotopic (exact) mass is 287 g/mol. The molecule has 0 aliphatic carbocycles. The lowest BCUT2D eigenvalue weighted by molar-refractivity contribution is -0.139. The van der Waals surface area contributed by atoms with Gasteiger partial charge in [-0.3, -0.25) is 9.59 Å². The highest BCUT2D eigenvalue weighted by atomic mass is 35.5. The average Bonchev–Trinajstić information content (AvgIpc) is 2.25. The van der Waals surface area contributed by atoms with Crippen LogP contribution in [-0.4, -0.2) is 35.0 Å². The predicted octanol–water partition coefficient (Wildman–Crippen LogP) is 2.54. The quantitative estimate of drug-likeness (QED) is 0.929. The Morgan fingerprint density at radius 2 is 2.00 bits per heavy atom. The van der Waals surface area contributed by atoms with E-state index in [0.29, 0.717) is 28.7 Å². The van der Waals surface area contributed by atoms with E-state index in [9.17, 15) is 9.59 Å². The third kappa shape index (κ3) is 2.76. The summed E-state index contributed by atoms with van der Waals surface area (Å²) in [6.07, 6.45) is 0.0903. The number of hydrogen-bond acceptors (Lipinski definition) is 2. The van der Waals surface area contributed by atoms with Crippen molar-refractivity contribution in [1.82, 2.24) is 4.90 Å². The Bertz CT molecular complexity index is 498. The number of rotatable bonds is 3. The van der Waals surface area contributed by atoms with Crippen LogP contribution in [0.25, 0.3) is 0 Å². The van der Waals surface area contributed by atoms with Gasteiger partial charge >= 0.3 is 5.97 Å². The minimum Gasteiger partial charge on any atom is -0.481 e. The molecule has 0 radical (unpaired) electrons. The molecule has 1 fully saturated rings. The molecule has 1 saturated heterocycles. The lowest BCUT2D eigenvalue weighted by Crippen LogP contribution is -2.50. The molecule has 1 aliphatic rings. The van der Waals surface area contributed by atoms with Crippen molar-refractivity contribution in [2.45, 2.75) is 6.42 Å². The van der Waals surface area contributed by atoms with Gasteiger partial charge in [-0.15, -0.1) is 0 Å². The Hall–Kier alpha value is -1.26. The van der Waals surface area contributed by atoms with Crippen molar-refractivity contribution in [1.29, 1.82) is 0 Å². The lowest BCUT2D eigenvalue weighted by Gasteiger charge is -2.38. The van der Waals surface area contributed by atoms with Crippen LogP contribution in [0, 0.1) is 5.92 Å². The van der Waals surface area contributed by atoms with Gasteiger partial charge in [0.15, 0.2) is 0 Å². The summed E-state index contributed by atoms with van der Waals surface area (Å²) in [5.74, 6) is -1.01. The second kappa shape index (κ2) is 5.16. The molecule has 4 nitrogen and oxygen atoms in total. The SMILES string of the molecule is O=C(O)CC1CN(C(=O)c2cc(Cl)ccc2Cl)C1. The van der Waals surface area contributed by atoms with Gasteiger partial charge in [-0.05, 0) is 18.2 Å². The molecule has 1 amide bonds. The van der Waals surface area contributed by atoms with E-state index in [-0.39, 0.29) is 18.2 Å². The van der Waals surface area contributed by atoms with Crippen LogP contribution in [0.1, 0.15) is 16.8 Å². The van der Waals surface area contributed by atoms with Gasteiger partial charge in [-0.1, -0.05) is 23.2 Å². The van der Waals surface area contributed by atoms with E-state index < -0.39 is 5.97 Å². The highest BCUT2D eigenvalue weighted by molar-refractivity contribution is 6.35. The Morgan fingerprint density at radius 1 is 1.33 bits per heavy atom. The van der Waals surface area contributed by atoms with Crippen molar-refractivity contribution in [2.75, 3.05) is 13.1 Å². The molecule has 96 valence electrons. The summed E-state index contributed by atoms with van der Waals surface area (Å²) in [7, 11) is 0. The Kier molecular flexibility index (Phi) is 3.78. The summed E-state index contributed by atoms with van der Waals surface area (Å²) < 4.78 is 0. The first-order valence-electron chi connectivity index (χ1n) is 5.43. The van der Waals surface area contributed by atoms with Crippen molar-refractivity contribution < 1.29 is 14.7 Å². The van der Waals surface area contributed by atoms with Gasteiger partial charge in [0.05, 0.1) is 17.0 Å². The fraction of sp³-hybridized carbons (Fsp3) is 0.333. The van der Waals surface area contributed by atoms with E-state index >= 15 is 0 Å². The third-order valence-electron chi connectivity index (χ3n) is 2.87. The molecule has 6 heteroatoms. The zero-order valence-corrected chi connectivity index (χ0v) is 10.9. The molecule has 0 bridgehead atoms. The first kappa shape index (κ1) is 13.2. The molecule has 1 aromatic rings. The maximum Gasteiger partial charge on any atom is 0.303 e. The molecular weight excluding hydrogens is 277 g/mol. The summed E-state index contributed by atoms with van der Waals surface area (Å²) in [4.78, 5) is 24.1. The van der Waals surface area contributed by atoms with Crippen LogP contribution in [-0.2, 0) is 4.79 Å². The number of benzene rings is 1. The summed E-state index contributed by atoms with van der Waals surface area (Å²) in [5, 5.41) is 9.43. The smallest absolute Gasteiger partial charge is 0.303 e. The summed E-state index contributed by atoms with van der Waals surface area (Å²) >= 11 is 11.8. The van der Waals surface area contributed by atoms with Crippen LogP contribution >= 0.6 is 23.2 Å². The van der Waals surface area contributed by atoms with Crippen LogP contribution in [0.3, 0.4) is 0 Å². The van der Waals surface area contributed by atoms with Gasteiger partial charge in [0.1, 0.15) is 0 Å². The van der Waals surface area contributed by atoms with E-state index in [1.165, 1.54) is 6.07 Å². The number of hydrogen-bond donors (Lipinski definition) is 1. The molecule has 0 saturated carbocycles. The number of carbonyl (C=O) groups excluding carboxylic acids is 1. The average molecular weight is 288 g/mol. The first-order valence-corrected chi connectivity index (χ1v) is 6.19. The number of amides is 1. The number of nitrogens with zero attached hydrogens (tertiary/aromatic N) is 1. The summed E-state index contributed by atoms with van der Waals surface area (Å²) in [6.45, 7) is 0.905. The van der Waals surface area contributed by atoms with Crippen LogP contribution < -0.4 is 0 Å². The number of aliphatic carboxylic acids is 1. The van der Waals surface area contributed by atoms with E-state index in [1.54, 1.807) is 17.0 Å². The zero-order valence-electron chi connectivity index (χ0n) is 9.40. The lowest BCUT2D eigenvalue weighted by atomic mass is 9.95. The summed E-state index contributed by atoms with van der Waals surface area (Å²) in [6, 6.07) is 4.71. The molecular formula is C12H11Cl2NO3. The standard InChI is InChI=1S/C12H11Cl2NO3/c13-8-1-2-10(14)9(4-8)12(18)15-5-7(6-15)3-11(16)17/h1-2,4,7H,3,5-6H2,(H,16,17). The van der Waals surface area contributed by atoms with Gasteiger partial charge in [0, 0.05) is 24.0 Å². The van der Waals surface area contributed by atoms with Gasteiger partial charge in [-0.25, -0.2) is 0 Å². The maximum absolute atomic E-state index is 12.1. The van der Waals surface area contributed by atoms with E-state index in [0.717, 1.165) is 0 Å². The van der Waals surface area contributed by atoms with Crippen molar-refractivity contribution in [2.24, 2.45) is 5.92 Å². The fourth-order valence-corrected chi connectivity index (χ4v) is 2.31. The number of carbonyl (C=O) groups is 2. The molecule has 0 spiro atoms. The molecule has 0 aromatic heterocycles. The second-order valence-corrected chi connectivity index (χ2v) is 5.14. The Labute approximate surface area is 114 Å². The molecule has 0 unspecified atom stereocenters. The highest BCUT2D eigenvalue weighted by Crippen LogP contribution is 2.26. The molecule has 1 N–H and O–H groups in total. The van der Waals surface area contributed by atoms with Gasteiger partial charge in [0.25, 0.3) is 5.91 Å². The predicted molar refractivity (Wildman–Crippen MR) is 68.1 cm³/mol. The molecule has 18 heavy (non-hydrogen) atoms. The number of carboxylic acid groups (broad SMARTS) is 1. The van der Waals surface area contributed by atoms with E-state index in [2.05, 4.69) is 0 Å². The summed E-state index contributed by atoms with van der Waals surface area (Å²) in [5.41, 5.74) is 0.359. The molecule has 1 aromatic carbocycles. The van der Waals surface area contributed by atoms with Crippen molar-refractivity contribution in [3.63, 3.8) is 0 Å². The van der Waals surface area contributed by atoms with Crippen LogP contribution in [0.2, 0.25) is 10.0 Å². The van der Waals surface area contributed by atoms with Gasteiger partial charge < -0.3 is 10.0 Å². The highest BCUT2D eigenvalue weighted by Gasteiger charge is 2.33. The fourth-order valence-electron chi connectivity index (χ4n) is 1.94. The number of carboxylic acids is 1. The maximum atomic E-state index is 12.1. The van der Waals surface area contributed by atoms with Crippen molar-refractivity contribution in [3.8, 4) is 0 Å². The van der Waals surface area contributed by atoms with E-state index in [1.807, 2.05) is 0 Å². The normalized spacial score (nSPS) is 15.3. The number of likely N-dealkylation sites (tertiary alicyclic amines) is 1. The first-order chi connectivity index (χ1) is 8.47. The van der Waals surface area contributed by atoms with E-state index in [4.69, 9.17) is 28.3 Å².